The summed E-state index contributed by atoms with van der Waals surface area (Å²) in [5.74, 6) is 5.76. The molecule has 0 aliphatic heterocycles. The fourth-order valence-electron chi connectivity index (χ4n) is 2.35. The number of benzene rings is 1. The normalized spacial score (nSPS) is 12.6. The number of hydrogen-bond acceptors (Lipinski definition) is 3. The van der Waals surface area contributed by atoms with Crippen LogP contribution >= 0.6 is 27.5 Å². The van der Waals surface area contributed by atoms with Crippen molar-refractivity contribution in [3.8, 4) is 0 Å². The molecule has 114 valence electrons. The Kier molecular flexibility index (Phi) is 5.81. The molecule has 21 heavy (non-hydrogen) atoms. The zero-order valence-corrected chi connectivity index (χ0v) is 14.6. The predicted molar refractivity (Wildman–Crippen MR) is 90.2 cm³/mol. The van der Waals surface area contributed by atoms with Crippen molar-refractivity contribution in [2.45, 2.75) is 39.3 Å². The van der Waals surface area contributed by atoms with Crippen LogP contribution in [0.2, 0.25) is 5.02 Å². The van der Waals surface area contributed by atoms with E-state index in [1.165, 1.54) is 0 Å². The quantitative estimate of drug-likeness (QED) is 0.602. The molecule has 0 aliphatic rings. The van der Waals surface area contributed by atoms with E-state index in [1.807, 2.05) is 22.9 Å². The SMILES string of the molecule is CCc1cc(C(Cc2ccc(Br)cc2Cl)NN)n(CC)n1. The van der Waals surface area contributed by atoms with E-state index in [1.54, 1.807) is 0 Å². The molecule has 0 spiro atoms. The van der Waals surface area contributed by atoms with E-state index >= 15 is 0 Å². The van der Waals surface area contributed by atoms with Crippen molar-refractivity contribution >= 4 is 27.5 Å². The van der Waals surface area contributed by atoms with Crippen molar-refractivity contribution in [1.82, 2.24) is 15.2 Å². The van der Waals surface area contributed by atoms with Gasteiger partial charge in [0.1, 0.15) is 0 Å². The second kappa shape index (κ2) is 7.40. The summed E-state index contributed by atoms with van der Waals surface area (Å²) in [7, 11) is 0. The van der Waals surface area contributed by atoms with E-state index in [9.17, 15) is 0 Å². The molecule has 0 saturated carbocycles. The minimum absolute atomic E-state index is 0.0172. The summed E-state index contributed by atoms with van der Waals surface area (Å²) < 4.78 is 2.97. The van der Waals surface area contributed by atoms with E-state index in [0.29, 0.717) is 0 Å². The maximum Gasteiger partial charge on any atom is 0.0669 e. The molecule has 1 aromatic carbocycles. The standard InChI is InChI=1S/C15H20BrClN4/c1-3-12-9-15(21(4-2)20-12)14(19-18)7-10-5-6-11(16)8-13(10)17/h5-6,8-9,14,19H,3-4,7,18H2,1-2H3. The molecule has 1 aromatic heterocycles. The van der Waals surface area contributed by atoms with Gasteiger partial charge in [-0.2, -0.15) is 5.10 Å². The van der Waals surface area contributed by atoms with Crippen molar-refractivity contribution in [2.24, 2.45) is 5.84 Å². The Balaban J connectivity index is 2.29. The summed E-state index contributed by atoms with van der Waals surface area (Å²) in [6, 6.07) is 8.00. The summed E-state index contributed by atoms with van der Waals surface area (Å²) in [6.45, 7) is 5.00. The van der Waals surface area contributed by atoms with E-state index in [0.717, 1.165) is 45.8 Å². The third kappa shape index (κ3) is 3.86. The molecule has 2 rings (SSSR count). The first-order valence-corrected chi connectivity index (χ1v) is 8.22. The minimum Gasteiger partial charge on any atom is -0.271 e. The van der Waals surface area contributed by atoms with E-state index in [4.69, 9.17) is 17.4 Å². The summed E-state index contributed by atoms with van der Waals surface area (Å²) in [4.78, 5) is 0. The Hall–Kier alpha value is -0.880. The molecule has 3 N–H and O–H groups in total. The maximum absolute atomic E-state index is 6.30. The number of nitrogens with zero attached hydrogens (tertiary/aromatic N) is 2. The van der Waals surface area contributed by atoms with Gasteiger partial charge in [0.25, 0.3) is 0 Å². The molecule has 0 radical (unpaired) electrons. The Labute approximate surface area is 138 Å². The third-order valence-corrected chi connectivity index (χ3v) is 4.37. The zero-order chi connectivity index (χ0) is 15.4. The Morgan fingerprint density at radius 3 is 2.71 bits per heavy atom. The van der Waals surface area contributed by atoms with Crippen molar-refractivity contribution in [3.05, 3.63) is 50.7 Å². The Morgan fingerprint density at radius 1 is 1.38 bits per heavy atom. The fourth-order valence-corrected chi connectivity index (χ4v) is 3.10. The van der Waals surface area contributed by atoms with Gasteiger partial charge >= 0.3 is 0 Å². The van der Waals surface area contributed by atoms with Gasteiger partial charge in [-0.15, -0.1) is 0 Å². The van der Waals surface area contributed by atoms with Gasteiger partial charge in [0.05, 0.1) is 17.4 Å². The number of rotatable bonds is 6. The van der Waals surface area contributed by atoms with Crippen LogP contribution in [0.4, 0.5) is 0 Å². The number of hydrazine groups is 1. The van der Waals surface area contributed by atoms with Crippen LogP contribution in [0.25, 0.3) is 0 Å². The molecule has 6 heteroatoms. The van der Waals surface area contributed by atoms with Crippen LogP contribution in [-0.4, -0.2) is 9.78 Å². The fraction of sp³-hybridized carbons (Fsp3) is 0.400. The molecule has 2 aromatic rings. The smallest absolute Gasteiger partial charge is 0.0669 e. The van der Waals surface area contributed by atoms with E-state index in [-0.39, 0.29) is 6.04 Å². The molecule has 0 saturated heterocycles. The van der Waals surface area contributed by atoms with Gasteiger partial charge in [-0.1, -0.05) is 40.5 Å². The number of aryl methyl sites for hydroxylation is 2. The van der Waals surface area contributed by atoms with Gasteiger partial charge in [-0.05, 0) is 43.5 Å². The van der Waals surface area contributed by atoms with E-state index in [2.05, 4.69) is 46.4 Å². The van der Waals surface area contributed by atoms with Gasteiger partial charge in [-0.25, -0.2) is 0 Å². The molecule has 1 unspecified atom stereocenters. The second-order valence-corrected chi connectivity index (χ2v) is 6.21. The summed E-state index contributed by atoms with van der Waals surface area (Å²) in [5, 5.41) is 5.31. The van der Waals surface area contributed by atoms with E-state index < -0.39 is 0 Å². The lowest BCUT2D eigenvalue weighted by Gasteiger charge is -2.18. The molecule has 0 bridgehead atoms. The first-order valence-electron chi connectivity index (χ1n) is 7.05. The number of nitrogens with two attached hydrogens (primary N) is 1. The number of halogens is 2. The second-order valence-electron chi connectivity index (χ2n) is 4.89. The number of aromatic nitrogens is 2. The van der Waals surface area contributed by atoms with Crippen LogP contribution in [0, 0.1) is 0 Å². The molecule has 1 atom stereocenters. The third-order valence-electron chi connectivity index (χ3n) is 3.52. The van der Waals surface area contributed by atoms with Gasteiger partial charge in [0, 0.05) is 16.0 Å². The van der Waals surface area contributed by atoms with Crippen LogP contribution < -0.4 is 11.3 Å². The average Bonchev–Trinajstić information content (AvgIpc) is 2.90. The highest BCUT2D eigenvalue weighted by Gasteiger charge is 2.18. The predicted octanol–water partition coefficient (Wildman–Crippen LogP) is 3.63. The van der Waals surface area contributed by atoms with Crippen LogP contribution in [-0.2, 0) is 19.4 Å². The Bertz CT molecular complexity index is 612. The number of nitrogens with one attached hydrogen (secondary N) is 1. The highest BCUT2D eigenvalue weighted by molar-refractivity contribution is 9.10. The molecular formula is C15H20BrClN4. The Morgan fingerprint density at radius 2 is 2.14 bits per heavy atom. The topological polar surface area (TPSA) is 55.9 Å². The van der Waals surface area contributed by atoms with Crippen LogP contribution in [0.5, 0.6) is 0 Å². The van der Waals surface area contributed by atoms with Crippen LogP contribution in [0.1, 0.15) is 36.8 Å². The lowest BCUT2D eigenvalue weighted by atomic mass is 10.0. The van der Waals surface area contributed by atoms with Gasteiger partial charge in [0.2, 0.25) is 0 Å². The summed E-state index contributed by atoms with van der Waals surface area (Å²) in [6.07, 6.45) is 1.63. The largest absolute Gasteiger partial charge is 0.271 e. The molecular weight excluding hydrogens is 352 g/mol. The summed E-state index contributed by atoms with van der Waals surface area (Å²) in [5.41, 5.74) is 6.12. The van der Waals surface area contributed by atoms with Crippen molar-refractivity contribution < 1.29 is 0 Å². The van der Waals surface area contributed by atoms with Crippen LogP contribution in [0.15, 0.2) is 28.7 Å². The summed E-state index contributed by atoms with van der Waals surface area (Å²) >= 11 is 9.72. The van der Waals surface area contributed by atoms with Crippen molar-refractivity contribution in [1.29, 1.82) is 0 Å². The monoisotopic (exact) mass is 370 g/mol. The highest BCUT2D eigenvalue weighted by Crippen LogP contribution is 2.26. The van der Waals surface area contributed by atoms with Gasteiger partial charge < -0.3 is 0 Å². The van der Waals surface area contributed by atoms with Crippen LogP contribution in [0.3, 0.4) is 0 Å². The first kappa shape index (κ1) is 16.5. The molecule has 0 amide bonds. The lowest BCUT2D eigenvalue weighted by Crippen LogP contribution is -2.31. The highest BCUT2D eigenvalue weighted by atomic mass is 79.9. The van der Waals surface area contributed by atoms with Crippen molar-refractivity contribution in [3.63, 3.8) is 0 Å². The van der Waals surface area contributed by atoms with Crippen molar-refractivity contribution in [2.75, 3.05) is 0 Å². The first-order chi connectivity index (χ1) is 10.1. The zero-order valence-electron chi connectivity index (χ0n) is 12.2. The van der Waals surface area contributed by atoms with Gasteiger partial charge in [0.15, 0.2) is 0 Å². The average molecular weight is 372 g/mol. The molecule has 4 nitrogen and oxygen atoms in total. The molecule has 1 heterocycles. The minimum atomic E-state index is -0.0172. The van der Waals surface area contributed by atoms with Gasteiger partial charge in [-0.3, -0.25) is 16.0 Å². The lowest BCUT2D eigenvalue weighted by molar-refractivity contribution is 0.490. The molecule has 0 fully saturated rings. The maximum atomic E-state index is 6.30. The molecule has 0 aliphatic carbocycles. The number of hydrogen-bond donors (Lipinski definition) is 2.